The number of nitrogens with zero attached hydrogens (tertiary/aromatic N) is 2. The molecule has 0 saturated heterocycles. The maximum Gasteiger partial charge on any atom is 0.180 e. The fourth-order valence-corrected chi connectivity index (χ4v) is 2.44. The summed E-state index contributed by atoms with van der Waals surface area (Å²) in [5, 5.41) is 3.96. The molecule has 4 nitrogen and oxygen atoms in total. The lowest BCUT2D eigenvalue weighted by Crippen LogP contribution is -2.05. The fourth-order valence-electron chi connectivity index (χ4n) is 1.75. The molecule has 0 unspecified atom stereocenters. The van der Waals surface area contributed by atoms with E-state index in [0.29, 0.717) is 11.3 Å². The number of ketones is 1. The van der Waals surface area contributed by atoms with Gasteiger partial charge in [0.1, 0.15) is 10.6 Å². The molecular weight excluding hydrogens is 248 g/mol. The normalized spacial score (nSPS) is 10.3. The van der Waals surface area contributed by atoms with Gasteiger partial charge in [0.15, 0.2) is 5.78 Å². The molecule has 0 aliphatic carbocycles. The van der Waals surface area contributed by atoms with Gasteiger partial charge in [0.2, 0.25) is 0 Å². The van der Waals surface area contributed by atoms with Crippen LogP contribution in [0.5, 0.6) is 5.75 Å². The second-order valence-electron chi connectivity index (χ2n) is 3.81. The Kier molecular flexibility index (Phi) is 4.04. The van der Waals surface area contributed by atoms with Crippen molar-refractivity contribution < 1.29 is 9.53 Å². The summed E-state index contributed by atoms with van der Waals surface area (Å²) < 4.78 is 9.08. The Bertz CT molecular complexity index is 551. The Morgan fingerprint density at radius 3 is 2.89 bits per heavy atom. The van der Waals surface area contributed by atoms with Gasteiger partial charge in [-0.05, 0) is 24.0 Å². The van der Waals surface area contributed by atoms with Crippen LogP contribution in [0.3, 0.4) is 0 Å². The van der Waals surface area contributed by atoms with Crippen molar-refractivity contribution in [1.82, 2.24) is 9.59 Å². The van der Waals surface area contributed by atoms with Crippen LogP contribution in [0.1, 0.15) is 27.9 Å². The molecule has 0 saturated carbocycles. The van der Waals surface area contributed by atoms with Crippen molar-refractivity contribution in [2.75, 3.05) is 7.11 Å². The van der Waals surface area contributed by atoms with Gasteiger partial charge >= 0.3 is 0 Å². The van der Waals surface area contributed by atoms with Crippen LogP contribution in [0.2, 0.25) is 0 Å². The first-order chi connectivity index (χ1) is 8.76. The molecule has 18 heavy (non-hydrogen) atoms. The van der Waals surface area contributed by atoms with E-state index in [0.717, 1.165) is 35.0 Å². The van der Waals surface area contributed by atoms with E-state index in [1.54, 1.807) is 7.11 Å². The van der Waals surface area contributed by atoms with Gasteiger partial charge in [-0.25, -0.2) is 0 Å². The number of carbonyl (C=O) groups is 1. The van der Waals surface area contributed by atoms with Crippen LogP contribution >= 0.6 is 11.5 Å². The summed E-state index contributed by atoms with van der Waals surface area (Å²) in [4.78, 5) is 12.9. The van der Waals surface area contributed by atoms with Crippen molar-refractivity contribution in [2.24, 2.45) is 0 Å². The zero-order valence-corrected chi connectivity index (χ0v) is 11.2. The van der Waals surface area contributed by atoms with Crippen LogP contribution in [0, 0.1) is 0 Å². The number of aromatic nitrogens is 2. The average molecular weight is 262 g/mol. The van der Waals surface area contributed by atoms with Gasteiger partial charge in [-0.1, -0.05) is 29.6 Å². The maximum atomic E-state index is 12.2. The molecule has 0 N–H and O–H groups in total. The Morgan fingerprint density at radius 1 is 1.39 bits per heavy atom. The third kappa shape index (κ3) is 2.56. The highest BCUT2D eigenvalue weighted by atomic mass is 32.1. The van der Waals surface area contributed by atoms with Crippen molar-refractivity contribution in [3.63, 3.8) is 0 Å². The molecule has 94 valence electrons. The van der Waals surface area contributed by atoms with Crippen molar-refractivity contribution in [1.29, 1.82) is 0 Å². The number of rotatable bonds is 5. The number of carbonyl (C=O) groups excluding carboxylic acids is 1. The molecule has 1 heterocycles. The van der Waals surface area contributed by atoms with E-state index in [1.807, 2.05) is 31.2 Å². The minimum atomic E-state index is 0.0475. The summed E-state index contributed by atoms with van der Waals surface area (Å²) >= 11 is 1.16. The quantitative estimate of drug-likeness (QED) is 0.777. The average Bonchev–Trinajstić information content (AvgIpc) is 2.87. The molecule has 0 aliphatic heterocycles. The molecule has 0 aliphatic rings. The van der Waals surface area contributed by atoms with Gasteiger partial charge in [-0.3, -0.25) is 4.79 Å². The van der Waals surface area contributed by atoms with Crippen LogP contribution < -0.4 is 4.74 Å². The van der Waals surface area contributed by atoms with E-state index in [1.165, 1.54) is 0 Å². The number of aryl methyl sites for hydroxylation is 1. The molecule has 0 spiro atoms. The summed E-state index contributed by atoms with van der Waals surface area (Å²) in [7, 11) is 1.61. The van der Waals surface area contributed by atoms with Crippen LogP contribution in [0.25, 0.3) is 0 Å². The van der Waals surface area contributed by atoms with E-state index >= 15 is 0 Å². The summed E-state index contributed by atoms with van der Waals surface area (Å²) in [6.07, 6.45) is 1.05. The lowest BCUT2D eigenvalue weighted by molar-refractivity contribution is 0.0995. The standard InChI is InChI=1S/C13H14N2O2S/c1-3-10-13(18-15-14-10)11(16)8-9-6-4-5-7-12(9)17-2/h4-7H,3,8H2,1-2H3. The minimum absolute atomic E-state index is 0.0475. The number of ether oxygens (including phenoxy) is 1. The van der Waals surface area contributed by atoms with Gasteiger partial charge in [-0.15, -0.1) is 5.10 Å². The Morgan fingerprint density at radius 2 is 2.17 bits per heavy atom. The molecule has 1 aromatic heterocycles. The summed E-state index contributed by atoms with van der Waals surface area (Å²) in [5.41, 5.74) is 1.67. The molecule has 1 aromatic carbocycles. The molecule has 0 atom stereocenters. The zero-order chi connectivity index (χ0) is 13.0. The Balaban J connectivity index is 2.21. The van der Waals surface area contributed by atoms with Crippen LogP contribution in [-0.4, -0.2) is 22.5 Å². The van der Waals surface area contributed by atoms with Gasteiger partial charge in [0.25, 0.3) is 0 Å². The van der Waals surface area contributed by atoms with Crippen molar-refractivity contribution >= 4 is 17.3 Å². The van der Waals surface area contributed by atoms with Crippen molar-refractivity contribution in [3.05, 3.63) is 40.4 Å². The number of Topliss-reactive ketones (excluding diaryl/α,β-unsaturated/α-hetero) is 1. The minimum Gasteiger partial charge on any atom is -0.496 e. The molecule has 5 heteroatoms. The van der Waals surface area contributed by atoms with Gasteiger partial charge in [0, 0.05) is 12.0 Å². The number of methoxy groups -OCH3 is 1. The van der Waals surface area contributed by atoms with Crippen LogP contribution in [0.4, 0.5) is 0 Å². The van der Waals surface area contributed by atoms with Gasteiger partial charge in [0.05, 0.1) is 12.8 Å². The highest BCUT2D eigenvalue weighted by molar-refractivity contribution is 7.08. The lowest BCUT2D eigenvalue weighted by atomic mass is 10.1. The lowest BCUT2D eigenvalue weighted by Gasteiger charge is -2.06. The Hall–Kier alpha value is -1.75. The summed E-state index contributed by atoms with van der Waals surface area (Å²) in [5.74, 6) is 0.785. The number of benzene rings is 1. The molecular formula is C13H14N2O2S. The highest BCUT2D eigenvalue weighted by Crippen LogP contribution is 2.21. The van der Waals surface area contributed by atoms with Crippen molar-refractivity contribution in [3.8, 4) is 5.75 Å². The van der Waals surface area contributed by atoms with E-state index in [2.05, 4.69) is 9.59 Å². The highest BCUT2D eigenvalue weighted by Gasteiger charge is 2.16. The second-order valence-corrected chi connectivity index (χ2v) is 4.57. The first-order valence-electron chi connectivity index (χ1n) is 5.72. The largest absolute Gasteiger partial charge is 0.496 e. The molecule has 2 aromatic rings. The number of para-hydroxylation sites is 1. The number of hydrogen-bond donors (Lipinski definition) is 0. The molecule has 0 radical (unpaired) electrons. The third-order valence-electron chi connectivity index (χ3n) is 2.69. The summed E-state index contributed by atoms with van der Waals surface area (Å²) in [6.45, 7) is 1.97. The smallest absolute Gasteiger partial charge is 0.180 e. The molecule has 0 bridgehead atoms. The molecule has 2 rings (SSSR count). The first kappa shape index (κ1) is 12.7. The van der Waals surface area contributed by atoms with Crippen LogP contribution in [0.15, 0.2) is 24.3 Å². The second kappa shape index (κ2) is 5.73. The summed E-state index contributed by atoms with van der Waals surface area (Å²) in [6, 6.07) is 7.54. The van der Waals surface area contributed by atoms with Crippen molar-refractivity contribution in [2.45, 2.75) is 19.8 Å². The number of hydrogen-bond acceptors (Lipinski definition) is 5. The fraction of sp³-hybridized carbons (Fsp3) is 0.308. The molecule has 0 fully saturated rings. The topological polar surface area (TPSA) is 52.1 Å². The first-order valence-corrected chi connectivity index (χ1v) is 6.50. The monoisotopic (exact) mass is 262 g/mol. The predicted octanol–water partition coefficient (Wildman–Crippen LogP) is 2.53. The van der Waals surface area contributed by atoms with E-state index in [4.69, 9.17) is 4.74 Å². The SMILES string of the molecule is CCc1nnsc1C(=O)Cc1ccccc1OC. The van der Waals surface area contributed by atoms with Gasteiger partial charge < -0.3 is 4.74 Å². The van der Waals surface area contributed by atoms with Crippen LogP contribution in [-0.2, 0) is 12.8 Å². The van der Waals surface area contributed by atoms with E-state index in [-0.39, 0.29) is 5.78 Å². The predicted molar refractivity (Wildman–Crippen MR) is 70.3 cm³/mol. The zero-order valence-electron chi connectivity index (χ0n) is 10.3. The molecule has 0 amide bonds. The third-order valence-corrected chi connectivity index (χ3v) is 3.50. The maximum absolute atomic E-state index is 12.2. The van der Waals surface area contributed by atoms with Gasteiger partial charge in [-0.2, -0.15) is 0 Å². The Labute approximate surface area is 110 Å². The van der Waals surface area contributed by atoms with E-state index in [9.17, 15) is 4.79 Å². The van der Waals surface area contributed by atoms with E-state index < -0.39 is 0 Å².